The number of nitriles is 2. The van der Waals surface area contributed by atoms with Gasteiger partial charge < -0.3 is 9.13 Å². The van der Waals surface area contributed by atoms with E-state index in [2.05, 4.69) is 143 Å². The van der Waals surface area contributed by atoms with Crippen LogP contribution < -0.4 is 0 Å². The molecule has 0 radical (unpaired) electrons. The Morgan fingerprint density at radius 2 is 0.917 bits per heavy atom. The maximum atomic E-state index is 9.87. The molecule has 4 nitrogen and oxygen atoms in total. The predicted octanol–water partition coefficient (Wildman–Crippen LogP) is 11.0. The van der Waals surface area contributed by atoms with Crippen LogP contribution in [0.1, 0.15) is 11.1 Å². The summed E-state index contributed by atoms with van der Waals surface area (Å²) in [6, 6.07) is 59.1. The van der Waals surface area contributed by atoms with Gasteiger partial charge in [-0.15, -0.1) is 0 Å². The molecule has 0 spiro atoms. The van der Waals surface area contributed by atoms with Crippen molar-refractivity contribution < 1.29 is 0 Å². The monoisotopic (exact) mass is 610 g/mol. The van der Waals surface area contributed by atoms with Gasteiger partial charge in [0, 0.05) is 32.8 Å². The van der Waals surface area contributed by atoms with Crippen molar-refractivity contribution in [3.8, 4) is 45.8 Å². The molecule has 0 aliphatic heterocycles. The highest BCUT2D eigenvalue weighted by molar-refractivity contribution is 6.10. The average molecular weight is 611 g/mol. The summed E-state index contributed by atoms with van der Waals surface area (Å²) < 4.78 is 4.56. The Hall–Kier alpha value is -6.88. The van der Waals surface area contributed by atoms with Crippen molar-refractivity contribution in [2.24, 2.45) is 0 Å². The Kier molecular flexibility index (Phi) is 6.22. The lowest BCUT2D eigenvalue weighted by Crippen LogP contribution is -1.98. The van der Waals surface area contributed by atoms with Gasteiger partial charge in [-0.1, -0.05) is 97.1 Å². The highest BCUT2D eigenvalue weighted by Crippen LogP contribution is 2.38. The van der Waals surface area contributed by atoms with Crippen LogP contribution in [0.3, 0.4) is 0 Å². The summed E-state index contributed by atoms with van der Waals surface area (Å²) in [5.41, 5.74) is 12.1. The van der Waals surface area contributed by atoms with Crippen molar-refractivity contribution >= 4 is 43.6 Å². The molecule has 9 aromatic rings. The number of nitrogens with zero attached hydrogens (tertiary/aromatic N) is 4. The van der Waals surface area contributed by atoms with Crippen molar-refractivity contribution in [3.05, 3.63) is 169 Å². The highest BCUT2D eigenvalue weighted by atomic mass is 15.0. The van der Waals surface area contributed by atoms with Crippen LogP contribution in [-0.4, -0.2) is 9.13 Å². The second-order valence-corrected chi connectivity index (χ2v) is 12.0. The van der Waals surface area contributed by atoms with E-state index in [-0.39, 0.29) is 0 Å². The van der Waals surface area contributed by atoms with Crippen LogP contribution in [0.5, 0.6) is 0 Å². The van der Waals surface area contributed by atoms with Gasteiger partial charge in [0.15, 0.2) is 0 Å². The van der Waals surface area contributed by atoms with Crippen molar-refractivity contribution in [2.45, 2.75) is 0 Å². The van der Waals surface area contributed by atoms with E-state index in [4.69, 9.17) is 0 Å². The minimum absolute atomic E-state index is 0.623. The quantitative estimate of drug-likeness (QED) is 0.199. The molecule has 9 rings (SSSR count). The lowest BCUT2D eigenvalue weighted by Gasteiger charge is -2.15. The smallest absolute Gasteiger partial charge is 0.0992 e. The van der Waals surface area contributed by atoms with Crippen LogP contribution in [0, 0.1) is 22.7 Å². The summed E-state index contributed by atoms with van der Waals surface area (Å²) in [7, 11) is 0. The van der Waals surface area contributed by atoms with Crippen LogP contribution in [-0.2, 0) is 0 Å². The molecule has 0 bridgehead atoms. The minimum Gasteiger partial charge on any atom is -0.309 e. The zero-order valence-corrected chi connectivity index (χ0v) is 25.8. The van der Waals surface area contributed by atoms with Gasteiger partial charge >= 0.3 is 0 Å². The van der Waals surface area contributed by atoms with E-state index in [1.807, 2.05) is 36.4 Å². The number of aromatic nitrogens is 2. The number of benzene rings is 7. The third-order valence-corrected chi connectivity index (χ3v) is 9.38. The number of hydrogen-bond donors (Lipinski definition) is 0. The Labute approximate surface area is 277 Å². The first-order valence-corrected chi connectivity index (χ1v) is 15.9. The lowest BCUT2D eigenvalue weighted by atomic mass is 9.97. The van der Waals surface area contributed by atoms with Gasteiger partial charge in [-0.05, 0) is 77.4 Å². The molecule has 0 N–H and O–H groups in total. The minimum atomic E-state index is 0.623. The van der Waals surface area contributed by atoms with Crippen LogP contribution in [0.25, 0.3) is 77.2 Å². The molecule has 0 unspecified atom stereocenters. The van der Waals surface area contributed by atoms with E-state index in [9.17, 15) is 10.5 Å². The standard InChI is InChI=1S/C44H26N4/c45-27-29-17-23-43-39(24-29)38-12-3-4-13-40(38)47(43)34-9-7-8-33(26-34)31-18-20-32(21-19-31)35-22-16-30(28-46)25-44(35)48-41-14-5-1-10-36(41)37-11-2-6-15-42(37)48/h1-26H. The van der Waals surface area contributed by atoms with E-state index >= 15 is 0 Å². The van der Waals surface area contributed by atoms with Crippen molar-refractivity contribution in [1.29, 1.82) is 10.5 Å². The Morgan fingerprint density at radius 1 is 0.375 bits per heavy atom. The van der Waals surface area contributed by atoms with Crippen molar-refractivity contribution in [1.82, 2.24) is 9.13 Å². The van der Waals surface area contributed by atoms with Crippen molar-refractivity contribution in [3.63, 3.8) is 0 Å². The summed E-state index contributed by atoms with van der Waals surface area (Å²) in [6.45, 7) is 0. The van der Waals surface area contributed by atoms with Crippen LogP contribution in [0.4, 0.5) is 0 Å². The molecule has 0 aliphatic rings. The number of hydrogen-bond acceptors (Lipinski definition) is 2. The summed E-state index contributed by atoms with van der Waals surface area (Å²) in [4.78, 5) is 0. The maximum absolute atomic E-state index is 9.87. The summed E-state index contributed by atoms with van der Waals surface area (Å²) in [5, 5.41) is 24.0. The predicted molar refractivity (Wildman–Crippen MR) is 195 cm³/mol. The fourth-order valence-electron chi connectivity index (χ4n) is 7.20. The van der Waals surface area contributed by atoms with E-state index in [1.165, 1.54) is 10.8 Å². The normalized spacial score (nSPS) is 11.3. The molecule has 0 aliphatic carbocycles. The van der Waals surface area contributed by atoms with Gasteiger partial charge in [-0.3, -0.25) is 0 Å². The summed E-state index contributed by atoms with van der Waals surface area (Å²) in [5.74, 6) is 0. The SMILES string of the molecule is N#Cc1ccc(-c2ccc(-c3cccc(-n4c5ccccc5c5cc(C#N)ccc54)c3)cc2)c(-n2c3ccccc3c3ccccc32)c1. The molecule has 2 heterocycles. The van der Waals surface area contributed by atoms with Gasteiger partial charge in [-0.2, -0.15) is 10.5 Å². The molecular weight excluding hydrogens is 585 g/mol. The molecule has 0 fully saturated rings. The second-order valence-electron chi connectivity index (χ2n) is 12.0. The first-order valence-electron chi connectivity index (χ1n) is 15.9. The number of para-hydroxylation sites is 3. The molecule has 7 aromatic carbocycles. The fourth-order valence-corrected chi connectivity index (χ4v) is 7.20. The molecular formula is C44H26N4. The zero-order valence-electron chi connectivity index (χ0n) is 25.8. The number of rotatable bonds is 4. The third-order valence-electron chi connectivity index (χ3n) is 9.38. The zero-order chi connectivity index (χ0) is 32.2. The molecule has 0 saturated heterocycles. The fraction of sp³-hybridized carbons (Fsp3) is 0. The molecule has 0 atom stereocenters. The number of fused-ring (bicyclic) bond motifs is 6. The second kappa shape index (κ2) is 10.9. The van der Waals surface area contributed by atoms with Gasteiger partial charge in [0.05, 0.1) is 51.0 Å². The largest absolute Gasteiger partial charge is 0.309 e. The van der Waals surface area contributed by atoms with Gasteiger partial charge in [0.1, 0.15) is 0 Å². The summed E-state index contributed by atoms with van der Waals surface area (Å²) >= 11 is 0. The third kappa shape index (κ3) is 4.22. The lowest BCUT2D eigenvalue weighted by molar-refractivity contribution is 1.18. The molecule has 48 heavy (non-hydrogen) atoms. The van der Waals surface area contributed by atoms with Crippen molar-refractivity contribution in [2.75, 3.05) is 0 Å². The topological polar surface area (TPSA) is 57.4 Å². The Morgan fingerprint density at radius 3 is 1.58 bits per heavy atom. The first-order chi connectivity index (χ1) is 23.7. The molecule has 0 saturated carbocycles. The first kappa shape index (κ1) is 27.4. The molecule has 4 heteroatoms. The Bertz CT molecular complexity index is 2750. The van der Waals surface area contributed by atoms with E-state index in [0.29, 0.717) is 11.1 Å². The molecule has 222 valence electrons. The maximum Gasteiger partial charge on any atom is 0.0992 e. The van der Waals surface area contributed by atoms with E-state index in [0.717, 1.165) is 66.5 Å². The van der Waals surface area contributed by atoms with E-state index in [1.54, 1.807) is 0 Å². The van der Waals surface area contributed by atoms with Crippen LogP contribution >= 0.6 is 0 Å². The molecule has 0 amide bonds. The molecule has 2 aromatic heterocycles. The summed E-state index contributed by atoms with van der Waals surface area (Å²) in [6.07, 6.45) is 0. The Balaban J connectivity index is 1.16. The highest BCUT2D eigenvalue weighted by Gasteiger charge is 2.17. The van der Waals surface area contributed by atoms with E-state index < -0.39 is 0 Å². The van der Waals surface area contributed by atoms with Gasteiger partial charge in [0.2, 0.25) is 0 Å². The van der Waals surface area contributed by atoms with Gasteiger partial charge in [0.25, 0.3) is 0 Å². The average Bonchev–Trinajstić information content (AvgIpc) is 3.67. The van der Waals surface area contributed by atoms with Gasteiger partial charge in [-0.25, -0.2) is 0 Å². The van der Waals surface area contributed by atoms with Crippen LogP contribution in [0.2, 0.25) is 0 Å². The van der Waals surface area contributed by atoms with Crippen LogP contribution in [0.15, 0.2) is 158 Å².